The summed E-state index contributed by atoms with van der Waals surface area (Å²) in [6.07, 6.45) is 0. The lowest BCUT2D eigenvalue weighted by atomic mass is 10.1. The van der Waals surface area contributed by atoms with Gasteiger partial charge in [-0.25, -0.2) is 4.39 Å². The van der Waals surface area contributed by atoms with Crippen molar-refractivity contribution in [3.63, 3.8) is 0 Å². The van der Waals surface area contributed by atoms with Crippen LogP contribution in [-0.2, 0) is 0 Å². The number of hydrogen-bond donors (Lipinski definition) is 1. The minimum atomic E-state index is -0.215. The van der Waals surface area contributed by atoms with Crippen LogP contribution in [0.15, 0.2) is 42.5 Å². The van der Waals surface area contributed by atoms with Crippen molar-refractivity contribution in [1.29, 1.82) is 5.26 Å². The summed E-state index contributed by atoms with van der Waals surface area (Å²) >= 11 is 0. The van der Waals surface area contributed by atoms with Crippen LogP contribution >= 0.6 is 0 Å². The van der Waals surface area contributed by atoms with E-state index in [0.29, 0.717) is 11.3 Å². The minimum absolute atomic E-state index is 0.0373. The fraction of sp³-hybridized carbons (Fsp3) is 0.235. The van der Waals surface area contributed by atoms with E-state index in [0.717, 1.165) is 11.3 Å². The Bertz CT molecular complexity index is 647. The zero-order valence-electron chi connectivity index (χ0n) is 12.1. The second-order valence-corrected chi connectivity index (χ2v) is 4.79. The third-order valence-corrected chi connectivity index (χ3v) is 3.32. The zero-order valence-corrected chi connectivity index (χ0v) is 12.1. The monoisotopic (exact) mass is 284 g/mol. The van der Waals surface area contributed by atoms with Gasteiger partial charge < -0.3 is 10.1 Å². The van der Waals surface area contributed by atoms with Crippen molar-refractivity contribution in [2.45, 2.75) is 19.9 Å². The fourth-order valence-corrected chi connectivity index (χ4v) is 2.05. The molecule has 0 saturated heterocycles. The molecule has 2 aromatic carbocycles. The van der Waals surface area contributed by atoms with E-state index >= 15 is 0 Å². The Morgan fingerprint density at radius 1 is 1.24 bits per heavy atom. The fourth-order valence-electron chi connectivity index (χ4n) is 2.05. The summed E-state index contributed by atoms with van der Waals surface area (Å²) in [7, 11) is 0. The number of ether oxygens (including phenoxy) is 1. The van der Waals surface area contributed by atoms with Gasteiger partial charge in [0, 0.05) is 17.3 Å². The van der Waals surface area contributed by atoms with Crippen molar-refractivity contribution < 1.29 is 9.13 Å². The lowest BCUT2D eigenvalue weighted by Gasteiger charge is -2.18. The number of anilines is 1. The van der Waals surface area contributed by atoms with Crippen LogP contribution in [0.2, 0.25) is 0 Å². The summed E-state index contributed by atoms with van der Waals surface area (Å²) in [5.41, 5.74) is 2.45. The van der Waals surface area contributed by atoms with Gasteiger partial charge in [0.25, 0.3) is 0 Å². The molecule has 4 heteroatoms. The standard InChI is InChI=1S/C17H17FN2O/c1-12-16(18)4-3-5-17(12)20-13(2)14-6-8-15(9-7-14)21-11-10-19/h3-9,13,20H,11H2,1-2H3. The molecular weight excluding hydrogens is 267 g/mol. The molecule has 0 aromatic heterocycles. The minimum Gasteiger partial charge on any atom is -0.479 e. The van der Waals surface area contributed by atoms with E-state index in [2.05, 4.69) is 5.32 Å². The van der Waals surface area contributed by atoms with Crippen LogP contribution in [0, 0.1) is 24.1 Å². The highest BCUT2D eigenvalue weighted by Gasteiger charge is 2.09. The number of rotatable bonds is 5. The number of halogens is 1. The molecule has 0 radical (unpaired) electrons. The lowest BCUT2D eigenvalue weighted by molar-refractivity contribution is 0.368. The molecule has 0 aliphatic rings. The van der Waals surface area contributed by atoms with Gasteiger partial charge >= 0.3 is 0 Å². The predicted molar refractivity (Wildman–Crippen MR) is 80.7 cm³/mol. The average Bonchev–Trinajstić information content (AvgIpc) is 2.50. The zero-order chi connectivity index (χ0) is 15.2. The van der Waals surface area contributed by atoms with Crippen molar-refractivity contribution in [3.8, 4) is 11.8 Å². The molecule has 108 valence electrons. The molecule has 0 aliphatic carbocycles. The maximum atomic E-state index is 13.5. The first-order chi connectivity index (χ1) is 10.1. The van der Waals surface area contributed by atoms with E-state index in [1.165, 1.54) is 6.07 Å². The molecule has 2 rings (SSSR count). The van der Waals surface area contributed by atoms with Crippen LogP contribution in [0.25, 0.3) is 0 Å². The van der Waals surface area contributed by atoms with E-state index in [1.54, 1.807) is 13.0 Å². The van der Waals surface area contributed by atoms with Crippen LogP contribution < -0.4 is 10.1 Å². The van der Waals surface area contributed by atoms with E-state index < -0.39 is 0 Å². The van der Waals surface area contributed by atoms with Gasteiger partial charge in [-0.15, -0.1) is 0 Å². The van der Waals surface area contributed by atoms with Crippen molar-refractivity contribution in [1.82, 2.24) is 0 Å². The van der Waals surface area contributed by atoms with E-state index in [4.69, 9.17) is 10.00 Å². The Balaban J connectivity index is 2.08. The SMILES string of the molecule is Cc1c(F)cccc1NC(C)c1ccc(OCC#N)cc1. The maximum Gasteiger partial charge on any atom is 0.174 e. The highest BCUT2D eigenvalue weighted by atomic mass is 19.1. The second kappa shape index (κ2) is 6.76. The summed E-state index contributed by atoms with van der Waals surface area (Å²) in [5, 5.41) is 11.8. The van der Waals surface area contributed by atoms with Crippen molar-refractivity contribution in [3.05, 3.63) is 59.4 Å². The van der Waals surface area contributed by atoms with Crippen LogP contribution in [0.3, 0.4) is 0 Å². The lowest BCUT2D eigenvalue weighted by Crippen LogP contribution is -2.08. The molecule has 0 amide bonds. The third-order valence-electron chi connectivity index (χ3n) is 3.32. The molecule has 0 fully saturated rings. The Hall–Kier alpha value is -2.54. The van der Waals surface area contributed by atoms with Gasteiger partial charge in [0.1, 0.15) is 17.6 Å². The first-order valence-corrected chi connectivity index (χ1v) is 6.73. The van der Waals surface area contributed by atoms with E-state index in [1.807, 2.05) is 43.3 Å². The average molecular weight is 284 g/mol. The molecule has 21 heavy (non-hydrogen) atoms. The summed E-state index contributed by atoms with van der Waals surface area (Å²) in [5.74, 6) is 0.446. The molecule has 2 aromatic rings. The second-order valence-electron chi connectivity index (χ2n) is 4.79. The molecule has 0 saturated carbocycles. The molecule has 0 heterocycles. The van der Waals surface area contributed by atoms with Crippen molar-refractivity contribution >= 4 is 5.69 Å². The number of nitrogens with one attached hydrogen (secondary N) is 1. The highest BCUT2D eigenvalue weighted by molar-refractivity contribution is 5.52. The van der Waals surface area contributed by atoms with Crippen LogP contribution in [-0.4, -0.2) is 6.61 Å². The van der Waals surface area contributed by atoms with Gasteiger partial charge in [0.05, 0.1) is 0 Å². The van der Waals surface area contributed by atoms with Gasteiger partial charge in [-0.05, 0) is 43.7 Å². The smallest absolute Gasteiger partial charge is 0.174 e. The van der Waals surface area contributed by atoms with Crippen LogP contribution in [0.4, 0.5) is 10.1 Å². The summed E-state index contributed by atoms with van der Waals surface area (Å²) in [6, 6.07) is 14.5. The molecule has 1 N–H and O–H groups in total. The summed E-state index contributed by atoms with van der Waals surface area (Å²) in [4.78, 5) is 0. The number of hydrogen-bond acceptors (Lipinski definition) is 3. The molecule has 1 unspecified atom stereocenters. The van der Waals surface area contributed by atoms with E-state index in [-0.39, 0.29) is 18.5 Å². The van der Waals surface area contributed by atoms with Crippen molar-refractivity contribution in [2.75, 3.05) is 11.9 Å². The Morgan fingerprint density at radius 3 is 2.62 bits per heavy atom. The Kier molecular flexibility index (Phi) is 4.78. The molecule has 0 spiro atoms. The largest absolute Gasteiger partial charge is 0.479 e. The predicted octanol–water partition coefficient (Wildman–Crippen LogP) is 4.21. The van der Waals surface area contributed by atoms with E-state index in [9.17, 15) is 4.39 Å². The van der Waals surface area contributed by atoms with Gasteiger partial charge in [-0.1, -0.05) is 18.2 Å². The molecule has 0 bridgehead atoms. The molecular formula is C17H17FN2O. The van der Waals surface area contributed by atoms with Gasteiger partial charge in [0.15, 0.2) is 6.61 Å². The number of nitriles is 1. The molecule has 3 nitrogen and oxygen atoms in total. The first kappa shape index (κ1) is 14.9. The van der Waals surface area contributed by atoms with Crippen LogP contribution in [0.1, 0.15) is 24.1 Å². The molecule has 1 atom stereocenters. The van der Waals surface area contributed by atoms with Gasteiger partial charge in [0.2, 0.25) is 0 Å². The quantitative estimate of drug-likeness (QED) is 0.894. The maximum absolute atomic E-state index is 13.5. The normalized spacial score (nSPS) is 11.5. The summed E-state index contributed by atoms with van der Waals surface area (Å²) < 4.78 is 18.7. The van der Waals surface area contributed by atoms with Gasteiger partial charge in [-0.3, -0.25) is 0 Å². The topological polar surface area (TPSA) is 45.0 Å². The Morgan fingerprint density at radius 2 is 1.95 bits per heavy atom. The van der Waals surface area contributed by atoms with Crippen molar-refractivity contribution in [2.24, 2.45) is 0 Å². The first-order valence-electron chi connectivity index (χ1n) is 6.73. The Labute approximate surface area is 124 Å². The van der Waals surface area contributed by atoms with Crippen LogP contribution in [0.5, 0.6) is 5.75 Å². The summed E-state index contributed by atoms with van der Waals surface area (Å²) in [6.45, 7) is 3.80. The highest BCUT2D eigenvalue weighted by Crippen LogP contribution is 2.24. The van der Waals surface area contributed by atoms with Gasteiger partial charge in [-0.2, -0.15) is 5.26 Å². The number of benzene rings is 2. The molecule has 0 aliphatic heterocycles. The third kappa shape index (κ3) is 3.73. The number of nitrogens with zero attached hydrogens (tertiary/aromatic N) is 1.